The van der Waals surface area contributed by atoms with Gasteiger partial charge in [0.15, 0.2) is 0 Å². The molecule has 3 N–H and O–H groups in total. The maximum atomic E-state index is 12.1. The molecule has 0 spiro atoms. The minimum absolute atomic E-state index is 0.141. The second-order valence-electron chi connectivity index (χ2n) is 4.86. The number of anilines is 1. The van der Waals surface area contributed by atoms with E-state index >= 15 is 0 Å². The summed E-state index contributed by atoms with van der Waals surface area (Å²) in [4.78, 5) is 35.9. The summed E-state index contributed by atoms with van der Waals surface area (Å²) in [6, 6.07) is 5.74. The van der Waals surface area contributed by atoms with E-state index in [-0.39, 0.29) is 6.54 Å². The predicted octanol–water partition coefficient (Wildman–Crippen LogP) is 1.08. The average Bonchev–Trinajstić information content (AvgIpc) is 2.55. The molecule has 0 aliphatic carbocycles. The van der Waals surface area contributed by atoms with Gasteiger partial charge in [0.2, 0.25) is 6.41 Å². The van der Waals surface area contributed by atoms with Gasteiger partial charge in [0.1, 0.15) is 0 Å². The lowest BCUT2D eigenvalue weighted by atomic mass is 10.0. The third-order valence-electron chi connectivity index (χ3n) is 3.42. The van der Waals surface area contributed by atoms with Gasteiger partial charge in [-0.2, -0.15) is 0 Å². The minimum atomic E-state index is -0.864. The molecule has 22 heavy (non-hydrogen) atoms. The van der Waals surface area contributed by atoms with Crippen molar-refractivity contribution in [2.45, 2.75) is 33.1 Å². The van der Waals surface area contributed by atoms with Crippen LogP contribution in [0.1, 0.15) is 31.4 Å². The van der Waals surface area contributed by atoms with E-state index in [1.54, 1.807) is 0 Å². The molecule has 0 atom stereocenters. The summed E-state index contributed by atoms with van der Waals surface area (Å²) in [6.45, 7) is 4.44. The van der Waals surface area contributed by atoms with E-state index in [9.17, 15) is 14.4 Å². The van der Waals surface area contributed by atoms with Crippen LogP contribution in [-0.4, -0.2) is 36.2 Å². The highest BCUT2D eigenvalue weighted by molar-refractivity contribution is 6.41. The van der Waals surface area contributed by atoms with Crippen molar-refractivity contribution in [3.05, 3.63) is 29.3 Å². The van der Waals surface area contributed by atoms with Gasteiger partial charge in [-0.15, -0.1) is 0 Å². The fraction of sp³-hybridized carbons (Fsp3) is 0.438. The SMILES string of the molecule is CCc1cccc(CC)c1NC(=O)C(=O)N(C=O)CCCN. The molecule has 0 bridgehead atoms. The molecular weight excluding hydrogens is 282 g/mol. The zero-order chi connectivity index (χ0) is 16.5. The highest BCUT2D eigenvalue weighted by Crippen LogP contribution is 2.22. The van der Waals surface area contributed by atoms with Gasteiger partial charge in [-0.25, -0.2) is 0 Å². The monoisotopic (exact) mass is 305 g/mol. The van der Waals surface area contributed by atoms with Gasteiger partial charge >= 0.3 is 11.8 Å². The Morgan fingerprint density at radius 3 is 2.27 bits per heavy atom. The van der Waals surface area contributed by atoms with Gasteiger partial charge in [-0.05, 0) is 36.9 Å². The van der Waals surface area contributed by atoms with Crippen molar-refractivity contribution in [2.75, 3.05) is 18.4 Å². The maximum absolute atomic E-state index is 12.1. The first kappa shape index (κ1) is 17.8. The second-order valence-corrected chi connectivity index (χ2v) is 4.86. The summed E-state index contributed by atoms with van der Waals surface area (Å²) in [5.74, 6) is -1.67. The van der Waals surface area contributed by atoms with E-state index < -0.39 is 11.8 Å². The Bertz CT molecular complexity index is 521. The first-order valence-electron chi connectivity index (χ1n) is 7.47. The lowest BCUT2D eigenvalue weighted by molar-refractivity contribution is -0.146. The van der Waals surface area contributed by atoms with Crippen molar-refractivity contribution in [1.29, 1.82) is 0 Å². The molecule has 0 saturated heterocycles. The molecule has 1 rings (SSSR count). The van der Waals surface area contributed by atoms with E-state index in [1.165, 1.54) is 0 Å². The molecule has 3 amide bonds. The molecule has 6 nitrogen and oxygen atoms in total. The van der Waals surface area contributed by atoms with E-state index in [2.05, 4.69) is 5.32 Å². The number of benzene rings is 1. The molecule has 0 unspecified atom stereocenters. The van der Waals surface area contributed by atoms with Gasteiger partial charge < -0.3 is 11.1 Å². The Kier molecular flexibility index (Phi) is 7.25. The Morgan fingerprint density at radius 2 is 1.82 bits per heavy atom. The summed E-state index contributed by atoms with van der Waals surface area (Å²) < 4.78 is 0. The van der Waals surface area contributed by atoms with Crippen molar-refractivity contribution >= 4 is 23.9 Å². The number of rotatable bonds is 7. The molecule has 0 aromatic heterocycles. The number of imide groups is 1. The Balaban J connectivity index is 2.92. The molecule has 0 aliphatic rings. The zero-order valence-corrected chi connectivity index (χ0v) is 13.1. The van der Waals surface area contributed by atoms with Crippen LogP contribution < -0.4 is 11.1 Å². The number of nitrogens with one attached hydrogen (secondary N) is 1. The second kappa shape index (κ2) is 8.94. The highest BCUT2D eigenvalue weighted by Gasteiger charge is 2.22. The quantitative estimate of drug-likeness (QED) is 0.582. The summed E-state index contributed by atoms with van der Waals surface area (Å²) >= 11 is 0. The molecule has 6 heteroatoms. The van der Waals surface area contributed by atoms with Gasteiger partial charge in [-0.3, -0.25) is 19.3 Å². The van der Waals surface area contributed by atoms with Crippen LogP contribution in [0.3, 0.4) is 0 Å². The number of carbonyl (C=O) groups excluding carboxylic acids is 3. The standard InChI is InChI=1S/C16H23N3O3/c1-3-12-7-5-8-13(4-2)14(12)18-15(21)16(22)19(11-20)10-6-9-17/h5,7-8,11H,3-4,6,9-10,17H2,1-2H3,(H,18,21). The van der Waals surface area contributed by atoms with Crippen LogP contribution >= 0.6 is 0 Å². The van der Waals surface area contributed by atoms with Crippen LogP contribution in [0.4, 0.5) is 5.69 Å². The Hall–Kier alpha value is -2.21. The fourth-order valence-electron chi connectivity index (χ4n) is 2.16. The van der Waals surface area contributed by atoms with Crippen molar-refractivity contribution in [3.63, 3.8) is 0 Å². The number of hydrogen-bond donors (Lipinski definition) is 2. The predicted molar refractivity (Wildman–Crippen MR) is 85.3 cm³/mol. The van der Waals surface area contributed by atoms with Gasteiger partial charge in [0.25, 0.3) is 0 Å². The molecule has 1 aromatic rings. The van der Waals surface area contributed by atoms with Crippen LogP contribution in [0.15, 0.2) is 18.2 Å². The first-order valence-corrected chi connectivity index (χ1v) is 7.47. The molecule has 1 aromatic carbocycles. The van der Waals surface area contributed by atoms with E-state index in [4.69, 9.17) is 5.73 Å². The van der Waals surface area contributed by atoms with Crippen LogP contribution in [0, 0.1) is 0 Å². The Morgan fingerprint density at radius 1 is 1.23 bits per heavy atom. The molecule has 0 radical (unpaired) electrons. The van der Waals surface area contributed by atoms with E-state index in [0.29, 0.717) is 25.1 Å². The van der Waals surface area contributed by atoms with Crippen molar-refractivity contribution in [2.24, 2.45) is 5.73 Å². The number of nitrogens with zero attached hydrogens (tertiary/aromatic N) is 1. The van der Waals surface area contributed by atoms with Gasteiger partial charge in [0, 0.05) is 12.2 Å². The van der Waals surface area contributed by atoms with Crippen LogP contribution in [-0.2, 0) is 27.2 Å². The number of aryl methyl sites for hydroxylation is 2. The topological polar surface area (TPSA) is 92.5 Å². The van der Waals surface area contributed by atoms with Crippen molar-refractivity contribution in [3.8, 4) is 0 Å². The summed E-state index contributed by atoms with van der Waals surface area (Å²) in [6.07, 6.45) is 2.30. The van der Waals surface area contributed by atoms with Crippen LogP contribution in [0.5, 0.6) is 0 Å². The summed E-state index contributed by atoms with van der Waals surface area (Å²) in [5.41, 5.74) is 7.93. The number of carbonyl (C=O) groups is 3. The molecule has 120 valence electrons. The van der Waals surface area contributed by atoms with Gasteiger partial charge in [-0.1, -0.05) is 32.0 Å². The smallest absolute Gasteiger partial charge is 0.318 e. The molecule has 0 aliphatic heterocycles. The van der Waals surface area contributed by atoms with Crippen molar-refractivity contribution in [1.82, 2.24) is 4.90 Å². The third kappa shape index (κ3) is 4.39. The van der Waals surface area contributed by atoms with Crippen LogP contribution in [0.25, 0.3) is 0 Å². The van der Waals surface area contributed by atoms with E-state index in [0.717, 1.165) is 28.9 Å². The number of para-hydroxylation sites is 1. The zero-order valence-electron chi connectivity index (χ0n) is 13.1. The van der Waals surface area contributed by atoms with E-state index in [1.807, 2.05) is 32.0 Å². The van der Waals surface area contributed by atoms with Crippen molar-refractivity contribution < 1.29 is 14.4 Å². The molecule has 0 saturated carbocycles. The maximum Gasteiger partial charge on any atom is 0.318 e. The lowest BCUT2D eigenvalue weighted by Gasteiger charge is -2.17. The largest absolute Gasteiger partial charge is 0.330 e. The summed E-state index contributed by atoms with van der Waals surface area (Å²) in [5, 5.41) is 2.65. The normalized spacial score (nSPS) is 10.1. The van der Waals surface area contributed by atoms with Crippen LogP contribution in [0.2, 0.25) is 0 Å². The number of nitrogens with two attached hydrogens (primary N) is 1. The molecular formula is C16H23N3O3. The lowest BCUT2D eigenvalue weighted by Crippen LogP contribution is -2.40. The Labute approximate surface area is 130 Å². The van der Waals surface area contributed by atoms with Gasteiger partial charge in [0.05, 0.1) is 0 Å². The first-order chi connectivity index (χ1) is 10.6. The highest BCUT2D eigenvalue weighted by atomic mass is 16.2. The number of hydrogen-bond acceptors (Lipinski definition) is 4. The molecule has 0 heterocycles. The third-order valence-corrected chi connectivity index (χ3v) is 3.42. The molecule has 0 fully saturated rings. The summed E-state index contributed by atoms with van der Waals surface area (Å²) in [7, 11) is 0. The fourth-order valence-corrected chi connectivity index (χ4v) is 2.16. The number of amides is 3. The average molecular weight is 305 g/mol. The minimum Gasteiger partial charge on any atom is -0.330 e.